The van der Waals surface area contributed by atoms with Gasteiger partial charge in [0, 0.05) is 37.3 Å². The van der Waals surface area contributed by atoms with Crippen LogP contribution in [-0.4, -0.2) is 38.3 Å². The highest BCUT2D eigenvalue weighted by molar-refractivity contribution is 7.80. The predicted octanol–water partition coefficient (Wildman–Crippen LogP) is 3.44. The summed E-state index contributed by atoms with van der Waals surface area (Å²) in [6.07, 6.45) is 6.61. The zero-order chi connectivity index (χ0) is 18.1. The van der Waals surface area contributed by atoms with Gasteiger partial charge in [0.05, 0.1) is 23.9 Å². The maximum atomic E-state index is 5.86. The Bertz CT molecular complexity index is 754. The summed E-state index contributed by atoms with van der Waals surface area (Å²) >= 11 is 5.68. The van der Waals surface area contributed by atoms with Crippen LogP contribution in [0.2, 0.25) is 0 Å². The fourth-order valence-corrected chi connectivity index (χ4v) is 4.56. The SMILES string of the molecule is CC(C)N1C(=S)N[C@H](c2ccccn2)[C@@H]1c1cccn1C[C@H]1CCCO1. The number of aromatic nitrogens is 2. The van der Waals surface area contributed by atoms with Gasteiger partial charge >= 0.3 is 0 Å². The Hall–Kier alpha value is -1.92. The summed E-state index contributed by atoms with van der Waals surface area (Å²) in [6, 6.07) is 10.9. The molecular weight excluding hydrogens is 344 g/mol. The number of hydrogen-bond acceptors (Lipinski definition) is 3. The molecule has 0 unspecified atom stereocenters. The molecule has 3 atom stereocenters. The Morgan fingerprint density at radius 1 is 1.31 bits per heavy atom. The summed E-state index contributed by atoms with van der Waals surface area (Å²) in [7, 11) is 0. The van der Waals surface area contributed by atoms with Crippen molar-refractivity contribution in [1.29, 1.82) is 0 Å². The quantitative estimate of drug-likeness (QED) is 0.817. The number of thiocarbonyl (C=S) groups is 1. The first-order chi connectivity index (χ1) is 12.6. The first-order valence-electron chi connectivity index (χ1n) is 9.41. The van der Waals surface area contributed by atoms with Crippen molar-refractivity contribution in [2.24, 2.45) is 0 Å². The van der Waals surface area contributed by atoms with Crippen molar-refractivity contribution in [3.8, 4) is 0 Å². The van der Waals surface area contributed by atoms with Crippen molar-refractivity contribution >= 4 is 17.3 Å². The molecule has 2 aliphatic rings. The van der Waals surface area contributed by atoms with Crippen LogP contribution in [0.1, 0.15) is 50.2 Å². The minimum Gasteiger partial charge on any atom is -0.376 e. The molecule has 5 nitrogen and oxygen atoms in total. The molecule has 2 saturated heterocycles. The predicted molar refractivity (Wildman–Crippen MR) is 106 cm³/mol. The minimum atomic E-state index is 0.0456. The van der Waals surface area contributed by atoms with Gasteiger partial charge in [-0.3, -0.25) is 4.98 Å². The fourth-order valence-electron chi connectivity index (χ4n) is 4.11. The molecule has 2 aliphatic heterocycles. The van der Waals surface area contributed by atoms with Crippen LogP contribution in [-0.2, 0) is 11.3 Å². The molecule has 4 rings (SSSR count). The van der Waals surface area contributed by atoms with Crippen molar-refractivity contribution in [1.82, 2.24) is 19.8 Å². The fraction of sp³-hybridized carbons (Fsp3) is 0.500. The third-order valence-corrected chi connectivity index (χ3v) is 5.61. The van der Waals surface area contributed by atoms with Crippen molar-refractivity contribution in [3.05, 3.63) is 54.1 Å². The molecule has 0 aromatic carbocycles. The third-order valence-electron chi connectivity index (χ3n) is 5.28. The van der Waals surface area contributed by atoms with Gasteiger partial charge in [0.15, 0.2) is 5.11 Å². The molecule has 2 aromatic heterocycles. The zero-order valence-electron chi connectivity index (χ0n) is 15.3. The van der Waals surface area contributed by atoms with Crippen LogP contribution in [0.3, 0.4) is 0 Å². The summed E-state index contributed by atoms with van der Waals surface area (Å²) < 4.78 is 8.20. The van der Waals surface area contributed by atoms with Crippen LogP contribution >= 0.6 is 12.2 Å². The average molecular weight is 371 g/mol. The Kier molecular flexibility index (Phi) is 4.96. The second-order valence-corrected chi connectivity index (χ2v) is 7.73. The minimum absolute atomic E-state index is 0.0456. The molecule has 6 heteroatoms. The lowest BCUT2D eigenvalue weighted by Gasteiger charge is -2.32. The van der Waals surface area contributed by atoms with Crippen LogP contribution in [0, 0.1) is 0 Å². The van der Waals surface area contributed by atoms with Gasteiger partial charge in [0.2, 0.25) is 0 Å². The Morgan fingerprint density at radius 3 is 2.88 bits per heavy atom. The smallest absolute Gasteiger partial charge is 0.170 e. The van der Waals surface area contributed by atoms with E-state index in [4.69, 9.17) is 17.0 Å². The van der Waals surface area contributed by atoms with E-state index in [-0.39, 0.29) is 12.1 Å². The van der Waals surface area contributed by atoms with Crippen molar-refractivity contribution in [2.45, 2.75) is 57.5 Å². The molecule has 0 amide bonds. The second-order valence-electron chi connectivity index (χ2n) is 7.35. The van der Waals surface area contributed by atoms with Crippen molar-refractivity contribution < 1.29 is 4.74 Å². The summed E-state index contributed by atoms with van der Waals surface area (Å²) in [6.45, 7) is 6.15. The summed E-state index contributed by atoms with van der Waals surface area (Å²) in [5.74, 6) is 0. The number of ether oxygens (including phenoxy) is 1. The van der Waals surface area contributed by atoms with E-state index >= 15 is 0 Å². The molecule has 138 valence electrons. The van der Waals surface area contributed by atoms with Gasteiger partial charge < -0.3 is 19.5 Å². The average Bonchev–Trinajstić information content (AvgIpc) is 3.36. The molecule has 0 spiro atoms. The van der Waals surface area contributed by atoms with Crippen molar-refractivity contribution in [2.75, 3.05) is 6.61 Å². The van der Waals surface area contributed by atoms with Gasteiger partial charge in [-0.05, 0) is 63.2 Å². The highest BCUT2D eigenvalue weighted by Gasteiger charge is 2.42. The van der Waals surface area contributed by atoms with E-state index in [0.29, 0.717) is 12.1 Å². The molecule has 1 N–H and O–H groups in total. The van der Waals surface area contributed by atoms with Gasteiger partial charge in [-0.1, -0.05) is 6.07 Å². The van der Waals surface area contributed by atoms with E-state index < -0.39 is 0 Å². The van der Waals surface area contributed by atoms with Gasteiger partial charge in [-0.15, -0.1) is 0 Å². The maximum Gasteiger partial charge on any atom is 0.170 e. The van der Waals surface area contributed by atoms with Crippen molar-refractivity contribution in [3.63, 3.8) is 0 Å². The summed E-state index contributed by atoms with van der Waals surface area (Å²) in [5.41, 5.74) is 2.28. The lowest BCUT2D eigenvalue weighted by atomic mass is 10.0. The Balaban J connectivity index is 1.70. The van der Waals surface area contributed by atoms with Gasteiger partial charge in [0.1, 0.15) is 0 Å². The molecule has 0 radical (unpaired) electrons. The molecule has 2 fully saturated rings. The van der Waals surface area contributed by atoms with E-state index in [2.05, 4.69) is 58.0 Å². The van der Waals surface area contributed by atoms with Crippen LogP contribution in [0.4, 0.5) is 0 Å². The molecule has 2 aromatic rings. The first kappa shape index (κ1) is 17.5. The van der Waals surface area contributed by atoms with Crippen LogP contribution in [0.15, 0.2) is 42.7 Å². The van der Waals surface area contributed by atoms with Crippen LogP contribution < -0.4 is 5.32 Å². The molecule has 0 bridgehead atoms. The highest BCUT2D eigenvalue weighted by Crippen LogP contribution is 2.40. The van der Waals surface area contributed by atoms with E-state index in [0.717, 1.165) is 36.8 Å². The second kappa shape index (κ2) is 7.37. The molecule has 0 aliphatic carbocycles. The number of rotatable bonds is 5. The number of pyridine rings is 1. The molecule has 26 heavy (non-hydrogen) atoms. The van der Waals surface area contributed by atoms with Crippen LogP contribution in [0.25, 0.3) is 0 Å². The lowest BCUT2D eigenvalue weighted by Crippen LogP contribution is -2.36. The zero-order valence-corrected chi connectivity index (χ0v) is 16.2. The summed E-state index contributed by atoms with van der Waals surface area (Å²) in [4.78, 5) is 6.90. The Labute approximate surface area is 160 Å². The van der Waals surface area contributed by atoms with E-state index in [1.165, 1.54) is 5.69 Å². The third kappa shape index (κ3) is 3.23. The normalized spacial score (nSPS) is 25.9. The van der Waals surface area contributed by atoms with Gasteiger partial charge in [-0.25, -0.2) is 0 Å². The summed E-state index contributed by atoms with van der Waals surface area (Å²) in [5, 5.41) is 4.31. The van der Waals surface area contributed by atoms with E-state index in [1.807, 2.05) is 18.3 Å². The monoisotopic (exact) mass is 370 g/mol. The lowest BCUT2D eigenvalue weighted by molar-refractivity contribution is 0.0951. The largest absolute Gasteiger partial charge is 0.376 e. The number of nitrogens with zero attached hydrogens (tertiary/aromatic N) is 3. The Morgan fingerprint density at radius 2 is 2.19 bits per heavy atom. The van der Waals surface area contributed by atoms with E-state index in [9.17, 15) is 0 Å². The number of nitrogens with one attached hydrogen (secondary N) is 1. The van der Waals surface area contributed by atoms with Crippen LogP contribution in [0.5, 0.6) is 0 Å². The van der Waals surface area contributed by atoms with Gasteiger partial charge in [-0.2, -0.15) is 0 Å². The highest BCUT2D eigenvalue weighted by atomic mass is 32.1. The molecule has 0 saturated carbocycles. The maximum absolute atomic E-state index is 5.86. The molecular formula is C20H26N4OS. The van der Waals surface area contributed by atoms with Gasteiger partial charge in [0.25, 0.3) is 0 Å². The first-order valence-corrected chi connectivity index (χ1v) is 9.82. The topological polar surface area (TPSA) is 42.3 Å². The standard InChI is InChI=1S/C20H26N4OS/c1-14(2)24-19(18(22-20(24)26)16-8-3-4-10-21-16)17-9-5-11-23(17)13-15-7-6-12-25-15/h3-5,8-11,14-15,18-19H,6-7,12-13H2,1-2H3,(H,22,26)/t15-,18-,19+/m1/s1. The molecule has 4 heterocycles. The van der Waals surface area contributed by atoms with E-state index in [1.54, 1.807) is 0 Å². The number of hydrogen-bond donors (Lipinski definition) is 1.